The van der Waals surface area contributed by atoms with E-state index in [1.807, 2.05) is 66.7 Å². The molecule has 9 nitrogen and oxygen atoms in total. The van der Waals surface area contributed by atoms with Crippen molar-refractivity contribution in [3.8, 4) is 11.5 Å². The first-order chi connectivity index (χ1) is 20.0. The fourth-order valence-corrected chi connectivity index (χ4v) is 5.79. The van der Waals surface area contributed by atoms with Crippen LogP contribution in [0.1, 0.15) is 33.7 Å². The van der Waals surface area contributed by atoms with Crippen molar-refractivity contribution in [3.63, 3.8) is 0 Å². The highest BCUT2D eigenvalue weighted by atomic mass is 16.5. The molecule has 0 spiro atoms. The maximum atomic E-state index is 11.7. The second-order valence-corrected chi connectivity index (χ2v) is 10.6. The van der Waals surface area contributed by atoms with Crippen LogP contribution in [0.25, 0.3) is 16.7 Å². The molecule has 1 aromatic heterocycles. The van der Waals surface area contributed by atoms with Crippen molar-refractivity contribution < 1.29 is 14.3 Å². The third-order valence-electron chi connectivity index (χ3n) is 7.91. The number of rotatable bonds is 9. The van der Waals surface area contributed by atoms with Gasteiger partial charge in [-0.3, -0.25) is 14.8 Å². The van der Waals surface area contributed by atoms with Crippen LogP contribution in [-0.4, -0.2) is 71.3 Å². The van der Waals surface area contributed by atoms with Crippen LogP contribution in [0.3, 0.4) is 0 Å². The lowest BCUT2D eigenvalue weighted by Crippen LogP contribution is -2.45. The van der Waals surface area contributed by atoms with Crippen molar-refractivity contribution in [1.82, 2.24) is 19.8 Å². The number of hydrogen-bond donors (Lipinski definition) is 2. The number of hydrogen-bond acceptors (Lipinski definition) is 8. The predicted octanol–water partition coefficient (Wildman–Crippen LogP) is 4.60. The van der Waals surface area contributed by atoms with Crippen LogP contribution < -0.4 is 10.5 Å². The van der Waals surface area contributed by atoms with Crippen LogP contribution in [0.15, 0.2) is 77.8 Å². The number of piperazine rings is 1. The number of likely N-dealkylation sites (tertiary alicyclic amines) is 2. The van der Waals surface area contributed by atoms with E-state index in [1.54, 1.807) is 19.3 Å². The first-order valence-corrected chi connectivity index (χ1v) is 13.8. The van der Waals surface area contributed by atoms with Crippen molar-refractivity contribution in [3.05, 3.63) is 95.3 Å². The van der Waals surface area contributed by atoms with E-state index >= 15 is 0 Å². The van der Waals surface area contributed by atoms with Crippen molar-refractivity contribution in [1.29, 1.82) is 0 Å². The molecular weight excluding hydrogens is 516 g/mol. The Morgan fingerprint density at radius 1 is 1.00 bits per heavy atom. The first kappa shape index (κ1) is 26.7. The van der Waals surface area contributed by atoms with Crippen LogP contribution in [0.2, 0.25) is 0 Å². The second kappa shape index (κ2) is 11.6. The van der Waals surface area contributed by atoms with Crippen molar-refractivity contribution >= 4 is 28.9 Å². The summed E-state index contributed by atoms with van der Waals surface area (Å²) in [5.74, 6) is 2.15. The lowest BCUT2D eigenvalue weighted by atomic mass is 10.1. The number of H-pyrrole nitrogens is 1. The minimum atomic E-state index is -0.301. The summed E-state index contributed by atoms with van der Waals surface area (Å²) in [6.07, 6.45) is 4.62. The van der Waals surface area contributed by atoms with Crippen LogP contribution in [0.4, 0.5) is 0 Å². The molecule has 41 heavy (non-hydrogen) atoms. The largest absolute Gasteiger partial charge is 0.465 e. The molecule has 210 valence electrons. The molecule has 0 aliphatic carbocycles. The number of carbonyl (C=O) groups excluding carboxylic acids is 1. The van der Waals surface area contributed by atoms with E-state index in [0.29, 0.717) is 23.3 Å². The quantitative estimate of drug-likeness (QED) is 0.232. The fraction of sp³-hybridized carbons (Fsp3) is 0.281. The molecule has 0 radical (unpaired) electrons. The average molecular weight is 551 g/mol. The Morgan fingerprint density at radius 3 is 2.37 bits per heavy atom. The molecule has 2 saturated heterocycles. The maximum Gasteiger partial charge on any atom is 0.337 e. The number of aromatic nitrogens is 2. The molecule has 2 atom stereocenters. The van der Waals surface area contributed by atoms with Gasteiger partial charge in [-0.1, -0.05) is 12.1 Å². The zero-order chi connectivity index (χ0) is 28.3. The molecule has 2 aliphatic heterocycles. The molecule has 2 aliphatic rings. The Labute approximate surface area is 239 Å². The number of benzene rings is 3. The highest BCUT2D eigenvalue weighted by molar-refractivity contribution is 5.89. The van der Waals surface area contributed by atoms with Crippen LogP contribution in [0, 0.1) is 0 Å². The number of allylic oxidation sites excluding steroid dienone is 1. The molecule has 3 aromatic carbocycles. The molecule has 0 saturated carbocycles. The normalized spacial score (nSPS) is 19.4. The van der Waals surface area contributed by atoms with Gasteiger partial charge in [0.2, 0.25) is 0 Å². The Hall–Kier alpha value is -4.47. The van der Waals surface area contributed by atoms with E-state index in [4.69, 9.17) is 20.2 Å². The summed E-state index contributed by atoms with van der Waals surface area (Å²) in [6.45, 7) is 3.75. The van der Waals surface area contributed by atoms with E-state index in [2.05, 4.69) is 19.8 Å². The lowest BCUT2D eigenvalue weighted by molar-refractivity contribution is 0.0600. The molecule has 0 unspecified atom stereocenters. The number of ether oxygens (including phenoxy) is 2. The Balaban J connectivity index is 1.05. The van der Waals surface area contributed by atoms with Gasteiger partial charge in [-0.15, -0.1) is 0 Å². The van der Waals surface area contributed by atoms with Gasteiger partial charge in [-0.2, -0.15) is 0 Å². The molecule has 9 heteroatoms. The lowest BCUT2D eigenvalue weighted by Gasteiger charge is -2.33. The third kappa shape index (κ3) is 5.86. The van der Waals surface area contributed by atoms with Crippen molar-refractivity contribution in [2.75, 3.05) is 27.2 Å². The first-order valence-electron chi connectivity index (χ1n) is 13.8. The smallest absolute Gasteiger partial charge is 0.337 e. The molecule has 2 fully saturated rings. The molecular formula is C32H34N6O3. The molecule has 3 N–H and O–H groups in total. The van der Waals surface area contributed by atoms with E-state index < -0.39 is 0 Å². The summed E-state index contributed by atoms with van der Waals surface area (Å²) >= 11 is 0. The van der Waals surface area contributed by atoms with E-state index in [9.17, 15) is 4.79 Å². The molecule has 0 amide bonds. The van der Waals surface area contributed by atoms with Gasteiger partial charge in [-0.05, 0) is 72.2 Å². The molecule has 6 rings (SSSR count). The zero-order valence-electron chi connectivity index (χ0n) is 23.3. The fourth-order valence-electron chi connectivity index (χ4n) is 5.79. The monoisotopic (exact) mass is 550 g/mol. The van der Waals surface area contributed by atoms with Gasteiger partial charge in [0, 0.05) is 56.7 Å². The van der Waals surface area contributed by atoms with E-state index in [0.717, 1.165) is 60.1 Å². The standard InChI is InChI=1S/C32H34N6O3/c1-34-14-13-28(33)22-7-9-26(10-8-22)41-27-11-12-29-30(16-27)36-31(35-29)20-38-19-24-15-25(38)18-37(24)17-21-3-5-23(6-4-21)32(39)40-2/h3-14,16,24-25H,15,17-20,33H2,1-2H3,(H,35,36)/b28-13-,34-14?/t24-,25-/m0/s1. The number of aromatic amines is 1. The highest BCUT2D eigenvalue weighted by Gasteiger charge is 2.43. The number of esters is 1. The second-order valence-electron chi connectivity index (χ2n) is 10.6. The van der Waals surface area contributed by atoms with Gasteiger partial charge in [0.05, 0.1) is 30.3 Å². The van der Waals surface area contributed by atoms with Gasteiger partial charge in [-0.25, -0.2) is 9.78 Å². The number of fused-ring (bicyclic) bond motifs is 3. The minimum Gasteiger partial charge on any atom is -0.465 e. The molecule has 4 aromatic rings. The number of methoxy groups -OCH3 is 1. The van der Waals surface area contributed by atoms with Crippen molar-refractivity contribution in [2.24, 2.45) is 10.7 Å². The zero-order valence-corrected chi connectivity index (χ0v) is 23.3. The number of nitrogens with one attached hydrogen (secondary N) is 1. The molecule has 2 bridgehead atoms. The average Bonchev–Trinajstić information content (AvgIpc) is 3.70. The number of nitrogens with zero attached hydrogens (tertiary/aromatic N) is 4. The SMILES string of the molecule is CN=C/C=C(\N)c1ccc(Oc2ccc3nc(CN4C[C@@H]5C[C@H]4CN5Cc4ccc(C(=O)OC)cc4)[nH]c3c2)cc1. The van der Waals surface area contributed by atoms with Gasteiger partial charge in [0.25, 0.3) is 0 Å². The highest BCUT2D eigenvalue weighted by Crippen LogP contribution is 2.33. The number of aliphatic imine (C=N–C) groups is 1. The Morgan fingerprint density at radius 2 is 1.68 bits per heavy atom. The van der Waals surface area contributed by atoms with Crippen LogP contribution in [-0.2, 0) is 17.8 Å². The van der Waals surface area contributed by atoms with Gasteiger partial charge < -0.3 is 20.2 Å². The van der Waals surface area contributed by atoms with Crippen LogP contribution >= 0.6 is 0 Å². The van der Waals surface area contributed by atoms with Gasteiger partial charge >= 0.3 is 5.97 Å². The number of imidazole rings is 1. The maximum absolute atomic E-state index is 11.7. The number of carbonyl (C=O) groups is 1. The summed E-state index contributed by atoms with van der Waals surface area (Å²) < 4.78 is 10.9. The van der Waals surface area contributed by atoms with Gasteiger partial charge in [0.15, 0.2) is 0 Å². The third-order valence-corrected chi connectivity index (χ3v) is 7.91. The summed E-state index contributed by atoms with van der Waals surface area (Å²) in [5.41, 5.74) is 11.3. The summed E-state index contributed by atoms with van der Waals surface area (Å²) in [7, 11) is 3.12. The van der Waals surface area contributed by atoms with E-state index in [-0.39, 0.29) is 5.97 Å². The molecule has 3 heterocycles. The van der Waals surface area contributed by atoms with Crippen molar-refractivity contribution in [2.45, 2.75) is 31.6 Å². The van der Waals surface area contributed by atoms with Gasteiger partial charge in [0.1, 0.15) is 17.3 Å². The summed E-state index contributed by atoms with van der Waals surface area (Å²) in [5, 5.41) is 0. The minimum absolute atomic E-state index is 0.301. The topological polar surface area (TPSA) is 109 Å². The van der Waals surface area contributed by atoms with Crippen LogP contribution in [0.5, 0.6) is 11.5 Å². The number of nitrogens with two attached hydrogens (primary N) is 1. The van der Waals surface area contributed by atoms with E-state index in [1.165, 1.54) is 19.1 Å². The Kier molecular flexibility index (Phi) is 7.54. The summed E-state index contributed by atoms with van der Waals surface area (Å²) in [4.78, 5) is 29.1. The summed E-state index contributed by atoms with van der Waals surface area (Å²) in [6, 6.07) is 22.4. The Bertz CT molecular complexity index is 1590. The predicted molar refractivity (Wildman–Crippen MR) is 160 cm³/mol.